The number of piperidine rings is 2. The minimum Gasteiger partial charge on any atom is -0.424 e. The number of anilines is 2. The Morgan fingerprint density at radius 1 is 1.00 bits per heavy atom. The van der Waals surface area contributed by atoms with Gasteiger partial charge in [0.2, 0.25) is 11.8 Å². The number of nitro benzene ring substituents is 1. The molecule has 3 aliphatic rings. The molecule has 1 atom stereocenters. The second-order valence-corrected chi connectivity index (χ2v) is 11.8. The van der Waals surface area contributed by atoms with Crippen LogP contribution in [0.4, 0.5) is 30.6 Å². The third-order valence-corrected chi connectivity index (χ3v) is 8.82. The monoisotopic (exact) mass is 658 g/mol. The second kappa shape index (κ2) is 14.7. The summed E-state index contributed by atoms with van der Waals surface area (Å²) in [6.07, 6.45) is 0.849. The number of nitro groups is 1. The molecular weight excluding hydrogens is 622 g/mol. The molecule has 3 fully saturated rings. The van der Waals surface area contributed by atoms with Gasteiger partial charge in [-0.2, -0.15) is 0 Å². The number of likely N-dealkylation sites (N-methyl/N-ethyl adjacent to an activating group) is 1. The molecule has 3 amide bonds. The van der Waals surface area contributed by atoms with E-state index < -0.39 is 41.3 Å². The molecule has 0 aromatic heterocycles. The highest BCUT2D eigenvalue weighted by Gasteiger charge is 2.32. The van der Waals surface area contributed by atoms with Gasteiger partial charge in [0.25, 0.3) is 11.6 Å². The Labute approximate surface area is 269 Å². The van der Waals surface area contributed by atoms with Crippen molar-refractivity contribution >= 4 is 40.9 Å². The van der Waals surface area contributed by atoms with E-state index >= 15 is 8.78 Å². The summed E-state index contributed by atoms with van der Waals surface area (Å²) < 4.78 is 40.3. The first-order valence-electron chi connectivity index (χ1n) is 15.4. The smallest absolute Gasteiger partial charge is 0.424 e. The van der Waals surface area contributed by atoms with Crippen LogP contribution in [0.15, 0.2) is 36.4 Å². The lowest BCUT2D eigenvalue weighted by Crippen LogP contribution is -2.51. The summed E-state index contributed by atoms with van der Waals surface area (Å²) >= 11 is 0. The number of amides is 3. The first kappa shape index (κ1) is 33.5. The number of halogens is 2. The molecule has 3 heterocycles. The normalized spacial score (nSPS) is 19.3. The Morgan fingerprint density at radius 3 is 2.23 bits per heavy atom. The number of likely N-dealkylation sites (tertiary alicyclic amines) is 1. The maximum atomic E-state index is 15.2. The molecule has 0 saturated carbocycles. The fourth-order valence-electron chi connectivity index (χ4n) is 6.15. The van der Waals surface area contributed by atoms with Gasteiger partial charge >= 0.3 is 6.16 Å². The summed E-state index contributed by atoms with van der Waals surface area (Å²) in [7, 11) is 1.57. The first-order valence-corrected chi connectivity index (χ1v) is 15.4. The van der Waals surface area contributed by atoms with Crippen molar-refractivity contribution in [2.24, 2.45) is 5.92 Å². The Hall–Kier alpha value is -4.86. The minimum absolute atomic E-state index is 0.0535. The number of carbonyl (C=O) groups excluding carboxylic acids is 4. The van der Waals surface area contributed by atoms with Gasteiger partial charge in [0.1, 0.15) is 17.5 Å². The predicted octanol–water partition coefficient (Wildman–Crippen LogP) is 2.69. The van der Waals surface area contributed by atoms with E-state index in [1.54, 1.807) is 16.8 Å². The van der Waals surface area contributed by atoms with Crippen molar-refractivity contribution in [1.29, 1.82) is 0 Å². The number of hydrogen-bond donors (Lipinski definition) is 1. The third kappa shape index (κ3) is 8.30. The van der Waals surface area contributed by atoms with Crippen LogP contribution in [0, 0.1) is 27.7 Å². The van der Waals surface area contributed by atoms with Gasteiger partial charge in [-0.1, -0.05) is 0 Å². The van der Waals surface area contributed by atoms with Crippen molar-refractivity contribution in [3.63, 3.8) is 0 Å². The summed E-state index contributed by atoms with van der Waals surface area (Å²) in [4.78, 5) is 65.4. The quantitative estimate of drug-likeness (QED) is 0.139. The maximum Gasteiger partial charge on any atom is 0.514 e. The number of piperazine rings is 1. The SMILES string of the molecule is CN(c1cc(F)c(N2CCN(CC3CCN(C(=O)COC(=O)Oc4ccc([N+](=O)[O-])cc4)CC3)CC2)c(F)c1)C1CCC(=O)NC1=O. The number of imide groups is 1. The zero-order valence-electron chi connectivity index (χ0n) is 25.9. The molecule has 3 aliphatic heterocycles. The van der Waals surface area contributed by atoms with Crippen molar-refractivity contribution in [2.45, 2.75) is 31.7 Å². The van der Waals surface area contributed by atoms with Crippen LogP contribution in [0.1, 0.15) is 25.7 Å². The van der Waals surface area contributed by atoms with Crippen LogP contribution >= 0.6 is 0 Å². The molecule has 3 saturated heterocycles. The molecule has 252 valence electrons. The molecular formula is C31H36F2N6O8. The molecule has 0 bridgehead atoms. The largest absolute Gasteiger partial charge is 0.514 e. The molecule has 16 heteroatoms. The Morgan fingerprint density at radius 2 is 1.64 bits per heavy atom. The van der Waals surface area contributed by atoms with Crippen LogP contribution in [0.2, 0.25) is 0 Å². The summed E-state index contributed by atoms with van der Waals surface area (Å²) in [5.74, 6) is -2.25. The van der Waals surface area contributed by atoms with Crippen molar-refractivity contribution in [1.82, 2.24) is 15.1 Å². The van der Waals surface area contributed by atoms with Gasteiger partial charge in [-0.25, -0.2) is 13.6 Å². The van der Waals surface area contributed by atoms with Crippen LogP contribution in [-0.2, 0) is 19.1 Å². The molecule has 2 aromatic rings. The van der Waals surface area contributed by atoms with Crippen LogP contribution < -0.4 is 19.9 Å². The van der Waals surface area contributed by atoms with Crippen molar-refractivity contribution in [3.05, 3.63) is 58.1 Å². The molecule has 1 unspecified atom stereocenters. The Bertz CT molecular complexity index is 1490. The number of carbonyl (C=O) groups is 4. The average Bonchev–Trinajstić information content (AvgIpc) is 3.04. The lowest BCUT2D eigenvalue weighted by molar-refractivity contribution is -0.384. The molecule has 47 heavy (non-hydrogen) atoms. The first-order chi connectivity index (χ1) is 22.5. The molecule has 0 aliphatic carbocycles. The molecule has 0 spiro atoms. The fourth-order valence-corrected chi connectivity index (χ4v) is 6.15. The van der Waals surface area contributed by atoms with Gasteiger partial charge in [0.05, 0.1) is 4.92 Å². The summed E-state index contributed by atoms with van der Waals surface area (Å²) in [6, 6.07) is 6.62. The Balaban J connectivity index is 1.03. The summed E-state index contributed by atoms with van der Waals surface area (Å²) in [5.41, 5.74) is -0.0378. The van der Waals surface area contributed by atoms with E-state index in [2.05, 4.69) is 10.2 Å². The average molecular weight is 659 g/mol. The highest BCUT2D eigenvalue weighted by molar-refractivity contribution is 6.01. The third-order valence-electron chi connectivity index (χ3n) is 8.82. The molecule has 1 N–H and O–H groups in total. The molecule has 2 aromatic carbocycles. The maximum absolute atomic E-state index is 15.2. The second-order valence-electron chi connectivity index (χ2n) is 11.8. The van der Waals surface area contributed by atoms with E-state index in [-0.39, 0.29) is 47.5 Å². The van der Waals surface area contributed by atoms with E-state index in [1.165, 1.54) is 41.3 Å². The topological polar surface area (TPSA) is 155 Å². The van der Waals surface area contributed by atoms with Gasteiger partial charge in [0.15, 0.2) is 18.2 Å². The summed E-state index contributed by atoms with van der Waals surface area (Å²) in [6.45, 7) is 3.39. The lowest BCUT2D eigenvalue weighted by Gasteiger charge is -2.40. The number of ether oxygens (including phenoxy) is 2. The van der Waals surface area contributed by atoms with Gasteiger partial charge < -0.3 is 24.2 Å². The predicted molar refractivity (Wildman–Crippen MR) is 164 cm³/mol. The number of nitrogens with zero attached hydrogens (tertiary/aromatic N) is 5. The van der Waals surface area contributed by atoms with Gasteiger partial charge in [0, 0.05) is 77.1 Å². The van der Waals surface area contributed by atoms with Crippen LogP contribution in [0.25, 0.3) is 0 Å². The Kier molecular flexibility index (Phi) is 10.5. The van der Waals surface area contributed by atoms with E-state index in [4.69, 9.17) is 9.47 Å². The van der Waals surface area contributed by atoms with Gasteiger partial charge in [-0.15, -0.1) is 0 Å². The lowest BCUT2D eigenvalue weighted by atomic mass is 9.96. The number of nitrogens with one attached hydrogen (secondary N) is 1. The highest BCUT2D eigenvalue weighted by Crippen LogP contribution is 2.31. The van der Waals surface area contributed by atoms with Crippen LogP contribution in [-0.4, -0.2) is 104 Å². The van der Waals surface area contributed by atoms with Crippen molar-refractivity contribution in [2.75, 3.05) is 69.3 Å². The highest BCUT2D eigenvalue weighted by atomic mass is 19.1. The standard InChI is InChI=1S/C31H36F2N6O8/c1-35(26-6-7-27(40)34-30(26)42)22-16-24(32)29(25(33)17-22)38-14-12-36(13-15-38)18-20-8-10-37(11-9-20)28(41)19-46-31(43)47-23-4-2-21(3-5-23)39(44)45/h2-5,16-17,20,26H,6-15,18-19H2,1H3,(H,34,40,42). The van der Waals surface area contributed by atoms with Crippen molar-refractivity contribution in [3.8, 4) is 5.75 Å². The zero-order valence-corrected chi connectivity index (χ0v) is 25.9. The van der Waals surface area contributed by atoms with Gasteiger partial charge in [-0.3, -0.25) is 34.7 Å². The number of non-ortho nitro benzene ring substituents is 1. The molecule has 0 radical (unpaired) electrons. The van der Waals surface area contributed by atoms with Crippen molar-refractivity contribution < 1.29 is 42.4 Å². The van der Waals surface area contributed by atoms with E-state index in [0.717, 1.165) is 19.4 Å². The van der Waals surface area contributed by atoms with Crippen LogP contribution in [0.5, 0.6) is 5.75 Å². The molecule has 5 rings (SSSR count). The minimum atomic E-state index is -1.09. The van der Waals surface area contributed by atoms with E-state index in [0.29, 0.717) is 45.2 Å². The number of benzene rings is 2. The zero-order chi connectivity index (χ0) is 33.7. The van der Waals surface area contributed by atoms with Crippen LogP contribution in [0.3, 0.4) is 0 Å². The van der Waals surface area contributed by atoms with E-state index in [9.17, 15) is 29.3 Å². The fraction of sp³-hybridized carbons (Fsp3) is 0.484. The molecule has 14 nitrogen and oxygen atoms in total. The summed E-state index contributed by atoms with van der Waals surface area (Å²) in [5, 5.41) is 13.0. The number of hydrogen-bond acceptors (Lipinski definition) is 11. The van der Waals surface area contributed by atoms with Gasteiger partial charge in [-0.05, 0) is 49.4 Å². The van der Waals surface area contributed by atoms with E-state index in [1.807, 2.05) is 0 Å². The number of rotatable bonds is 9.